The normalized spacial score (nSPS) is 16.2. The Balaban J connectivity index is 3.55. The van der Waals surface area contributed by atoms with Gasteiger partial charge in [-0.05, 0) is 20.9 Å². The molecule has 0 heterocycles. The number of hydrogen-bond donors (Lipinski definition) is 2. The number of ether oxygens (including phenoxy) is 1. The van der Waals surface area contributed by atoms with Crippen LogP contribution in [-0.4, -0.2) is 55.5 Å². The summed E-state index contributed by atoms with van der Waals surface area (Å²) in [5.74, 6) is 0. The molecule has 4 nitrogen and oxygen atoms in total. The molecule has 0 fully saturated rings. The van der Waals surface area contributed by atoms with Crippen molar-refractivity contribution >= 4 is 0 Å². The molecule has 0 saturated heterocycles. The highest BCUT2D eigenvalue weighted by Gasteiger charge is 2.18. The molecule has 13 heavy (non-hydrogen) atoms. The Morgan fingerprint density at radius 2 is 2.15 bits per heavy atom. The van der Waals surface area contributed by atoms with Gasteiger partial charge in [-0.2, -0.15) is 0 Å². The van der Waals surface area contributed by atoms with Crippen LogP contribution in [-0.2, 0) is 4.74 Å². The van der Waals surface area contributed by atoms with Gasteiger partial charge >= 0.3 is 0 Å². The fourth-order valence-corrected chi connectivity index (χ4v) is 1.11. The molecule has 0 spiro atoms. The molecule has 0 aromatic rings. The second-order valence-electron chi connectivity index (χ2n) is 3.75. The molecule has 1 atom stereocenters. The fourth-order valence-electron chi connectivity index (χ4n) is 1.11. The van der Waals surface area contributed by atoms with E-state index in [1.807, 2.05) is 20.9 Å². The van der Waals surface area contributed by atoms with Crippen molar-refractivity contribution < 1.29 is 9.84 Å². The Morgan fingerprint density at radius 1 is 1.54 bits per heavy atom. The molecule has 0 bridgehead atoms. The number of nitrogens with zero attached hydrogens (tertiary/aromatic N) is 1. The van der Waals surface area contributed by atoms with Gasteiger partial charge in [0.05, 0.1) is 13.2 Å². The van der Waals surface area contributed by atoms with E-state index in [-0.39, 0.29) is 6.61 Å². The van der Waals surface area contributed by atoms with Gasteiger partial charge in [0, 0.05) is 25.2 Å². The van der Waals surface area contributed by atoms with Gasteiger partial charge in [0.2, 0.25) is 0 Å². The van der Waals surface area contributed by atoms with Crippen LogP contribution < -0.4 is 5.73 Å². The number of nitrogens with two attached hydrogens (primary N) is 1. The third-order valence-corrected chi connectivity index (χ3v) is 1.81. The molecule has 0 rings (SSSR count). The van der Waals surface area contributed by atoms with E-state index < -0.39 is 5.54 Å². The van der Waals surface area contributed by atoms with Crippen LogP contribution in [0.3, 0.4) is 0 Å². The summed E-state index contributed by atoms with van der Waals surface area (Å²) in [6, 6.07) is 0. The summed E-state index contributed by atoms with van der Waals surface area (Å²) in [4.78, 5) is 2.06. The maximum absolute atomic E-state index is 8.93. The monoisotopic (exact) mass is 190 g/mol. The summed E-state index contributed by atoms with van der Waals surface area (Å²) < 4.78 is 5.21. The Morgan fingerprint density at radius 3 is 2.62 bits per heavy atom. The van der Waals surface area contributed by atoms with Crippen molar-refractivity contribution in [3.63, 3.8) is 0 Å². The average molecular weight is 190 g/mol. The number of aliphatic hydroxyl groups is 1. The molecule has 3 N–H and O–H groups in total. The largest absolute Gasteiger partial charge is 0.394 e. The molecule has 0 aliphatic carbocycles. The van der Waals surface area contributed by atoms with E-state index in [2.05, 4.69) is 4.90 Å². The van der Waals surface area contributed by atoms with Gasteiger partial charge in [-0.25, -0.2) is 0 Å². The van der Waals surface area contributed by atoms with E-state index in [1.165, 1.54) is 0 Å². The van der Waals surface area contributed by atoms with E-state index in [4.69, 9.17) is 15.6 Å². The van der Waals surface area contributed by atoms with E-state index in [9.17, 15) is 0 Å². The Labute approximate surface area is 80.7 Å². The van der Waals surface area contributed by atoms with Gasteiger partial charge in [-0.3, -0.25) is 0 Å². The lowest BCUT2D eigenvalue weighted by atomic mass is 10.1. The standard InChI is InChI=1S/C9H22N2O2/c1-4-13-6-5-11(3)7-9(2,10)8-12/h12H,4-8,10H2,1-3H3. The van der Waals surface area contributed by atoms with Crippen molar-refractivity contribution in [3.8, 4) is 0 Å². The Bertz CT molecular complexity index is 129. The summed E-state index contributed by atoms with van der Waals surface area (Å²) in [6.45, 7) is 6.80. The summed E-state index contributed by atoms with van der Waals surface area (Å²) in [5, 5.41) is 8.93. The first-order valence-corrected chi connectivity index (χ1v) is 4.68. The quantitative estimate of drug-likeness (QED) is 0.539. The molecule has 0 aromatic heterocycles. The number of likely N-dealkylation sites (N-methyl/N-ethyl adjacent to an activating group) is 1. The first kappa shape index (κ1) is 12.8. The maximum Gasteiger partial charge on any atom is 0.0621 e. The average Bonchev–Trinajstić information content (AvgIpc) is 2.04. The number of rotatable bonds is 7. The van der Waals surface area contributed by atoms with Crippen LogP contribution in [0.4, 0.5) is 0 Å². The van der Waals surface area contributed by atoms with Crippen LogP contribution in [0.2, 0.25) is 0 Å². The van der Waals surface area contributed by atoms with Crippen molar-refractivity contribution in [2.24, 2.45) is 5.73 Å². The van der Waals surface area contributed by atoms with Gasteiger partial charge in [0.15, 0.2) is 0 Å². The summed E-state index contributed by atoms with van der Waals surface area (Å²) in [6.07, 6.45) is 0. The van der Waals surface area contributed by atoms with Gasteiger partial charge in [0.25, 0.3) is 0 Å². The SMILES string of the molecule is CCOCCN(C)CC(C)(N)CO. The van der Waals surface area contributed by atoms with Crippen molar-refractivity contribution in [1.82, 2.24) is 4.90 Å². The molecule has 1 unspecified atom stereocenters. The molecule has 0 saturated carbocycles. The highest BCUT2D eigenvalue weighted by molar-refractivity contribution is 4.80. The highest BCUT2D eigenvalue weighted by atomic mass is 16.5. The first-order valence-electron chi connectivity index (χ1n) is 4.68. The second-order valence-corrected chi connectivity index (χ2v) is 3.75. The molecule has 4 heteroatoms. The van der Waals surface area contributed by atoms with E-state index in [0.29, 0.717) is 13.2 Å². The van der Waals surface area contributed by atoms with E-state index in [1.54, 1.807) is 0 Å². The van der Waals surface area contributed by atoms with Crippen LogP contribution >= 0.6 is 0 Å². The molecule has 0 aliphatic rings. The fraction of sp³-hybridized carbons (Fsp3) is 1.00. The topological polar surface area (TPSA) is 58.7 Å². The second kappa shape index (κ2) is 6.32. The minimum Gasteiger partial charge on any atom is -0.394 e. The van der Waals surface area contributed by atoms with Crippen molar-refractivity contribution in [3.05, 3.63) is 0 Å². The predicted molar refractivity (Wildman–Crippen MR) is 53.7 cm³/mol. The Hall–Kier alpha value is -0.160. The minimum atomic E-state index is -0.513. The first-order chi connectivity index (χ1) is 6.02. The lowest BCUT2D eigenvalue weighted by molar-refractivity contribution is 0.104. The molecule has 0 aromatic carbocycles. The lowest BCUT2D eigenvalue weighted by Crippen LogP contribution is -2.50. The third kappa shape index (κ3) is 6.95. The van der Waals surface area contributed by atoms with Gasteiger partial charge in [-0.15, -0.1) is 0 Å². The van der Waals surface area contributed by atoms with Crippen LogP contribution in [0, 0.1) is 0 Å². The predicted octanol–water partition coefficient (Wildman–Crippen LogP) is -0.336. The smallest absolute Gasteiger partial charge is 0.0621 e. The molecule has 0 amide bonds. The van der Waals surface area contributed by atoms with E-state index in [0.717, 1.165) is 13.2 Å². The Kier molecular flexibility index (Phi) is 6.24. The van der Waals surface area contributed by atoms with Crippen molar-refractivity contribution in [1.29, 1.82) is 0 Å². The van der Waals surface area contributed by atoms with E-state index >= 15 is 0 Å². The zero-order chi connectivity index (χ0) is 10.3. The zero-order valence-corrected chi connectivity index (χ0v) is 8.92. The molecule has 0 aliphatic heterocycles. The highest BCUT2D eigenvalue weighted by Crippen LogP contribution is 1.99. The van der Waals surface area contributed by atoms with Crippen molar-refractivity contribution in [2.75, 3.05) is 40.0 Å². The lowest BCUT2D eigenvalue weighted by Gasteiger charge is -2.28. The number of hydrogen-bond acceptors (Lipinski definition) is 4. The minimum absolute atomic E-state index is 0.00593. The van der Waals surface area contributed by atoms with Crippen molar-refractivity contribution in [2.45, 2.75) is 19.4 Å². The van der Waals surface area contributed by atoms with Crippen LogP contribution in [0.15, 0.2) is 0 Å². The van der Waals surface area contributed by atoms with Crippen LogP contribution in [0.5, 0.6) is 0 Å². The maximum atomic E-state index is 8.93. The molecular weight excluding hydrogens is 168 g/mol. The molecule has 0 radical (unpaired) electrons. The van der Waals surface area contributed by atoms with Gasteiger partial charge in [0.1, 0.15) is 0 Å². The third-order valence-electron chi connectivity index (χ3n) is 1.81. The summed E-state index contributed by atoms with van der Waals surface area (Å²) in [5.41, 5.74) is 5.28. The molecular formula is C9H22N2O2. The van der Waals surface area contributed by atoms with Crippen LogP contribution in [0.1, 0.15) is 13.8 Å². The van der Waals surface area contributed by atoms with Gasteiger partial charge in [-0.1, -0.05) is 0 Å². The summed E-state index contributed by atoms with van der Waals surface area (Å²) in [7, 11) is 1.97. The van der Waals surface area contributed by atoms with Crippen LogP contribution in [0.25, 0.3) is 0 Å². The number of aliphatic hydroxyl groups excluding tert-OH is 1. The zero-order valence-electron chi connectivity index (χ0n) is 8.92. The molecule has 80 valence electrons. The van der Waals surface area contributed by atoms with Gasteiger partial charge < -0.3 is 20.5 Å². The summed E-state index contributed by atoms with van der Waals surface area (Å²) >= 11 is 0.